The maximum absolute atomic E-state index is 11.8. The van der Waals surface area contributed by atoms with Gasteiger partial charge in [0.25, 0.3) is 0 Å². The molecule has 0 aromatic rings. The fourth-order valence-electron chi connectivity index (χ4n) is 2.78. The van der Waals surface area contributed by atoms with Crippen molar-refractivity contribution < 1.29 is 14.7 Å². The van der Waals surface area contributed by atoms with Crippen LogP contribution >= 0.6 is 0 Å². The van der Waals surface area contributed by atoms with Crippen molar-refractivity contribution in [2.75, 3.05) is 0 Å². The maximum Gasteiger partial charge on any atom is 0.307 e. The number of rotatable bonds is 4. The van der Waals surface area contributed by atoms with E-state index in [4.69, 9.17) is 5.11 Å². The zero-order valence-corrected chi connectivity index (χ0v) is 10.3. The molecular formula is C13H21NO3. The molecule has 2 N–H and O–H groups in total. The normalized spacial score (nSPS) is 36.3. The zero-order valence-electron chi connectivity index (χ0n) is 10.3. The number of carbonyl (C=O) groups excluding carboxylic acids is 1. The fraction of sp³-hybridized carbons (Fsp3) is 0.846. The van der Waals surface area contributed by atoms with Gasteiger partial charge < -0.3 is 10.4 Å². The smallest absolute Gasteiger partial charge is 0.307 e. The predicted octanol–water partition coefficient (Wildman–Crippen LogP) is 1.79. The standard InChI is InChI=1S/C13H21NO3/c1-2-8-3-5-9(6-4-8)14-12(15)10-7-11(10)13(16)17/h8-11H,2-7H2,1H3,(H,14,15)(H,16,17)/t8?,9?,10-,11?/m0/s1. The van der Waals surface area contributed by atoms with Crippen molar-refractivity contribution in [1.29, 1.82) is 0 Å². The average Bonchev–Trinajstić information content (AvgIpc) is 3.10. The van der Waals surface area contributed by atoms with Gasteiger partial charge in [-0.15, -0.1) is 0 Å². The third-order valence-electron chi connectivity index (χ3n) is 4.21. The summed E-state index contributed by atoms with van der Waals surface area (Å²) in [7, 11) is 0. The molecule has 0 aromatic carbocycles. The van der Waals surface area contributed by atoms with Crippen LogP contribution in [0.15, 0.2) is 0 Å². The summed E-state index contributed by atoms with van der Waals surface area (Å²) in [5, 5.41) is 11.8. The molecule has 2 rings (SSSR count). The van der Waals surface area contributed by atoms with Crippen LogP contribution in [-0.4, -0.2) is 23.0 Å². The summed E-state index contributed by atoms with van der Waals surface area (Å²) in [6.07, 6.45) is 6.22. The molecule has 4 nitrogen and oxygen atoms in total. The lowest BCUT2D eigenvalue weighted by Gasteiger charge is -2.28. The first kappa shape index (κ1) is 12.4. The van der Waals surface area contributed by atoms with Crippen molar-refractivity contribution in [3.8, 4) is 0 Å². The molecule has 0 aliphatic heterocycles. The van der Waals surface area contributed by atoms with Gasteiger partial charge in [-0.05, 0) is 38.0 Å². The van der Waals surface area contributed by atoms with Gasteiger partial charge in [0.2, 0.25) is 5.91 Å². The van der Waals surface area contributed by atoms with Gasteiger partial charge >= 0.3 is 5.97 Å². The lowest BCUT2D eigenvalue weighted by atomic mass is 9.84. The van der Waals surface area contributed by atoms with E-state index >= 15 is 0 Å². The Kier molecular flexibility index (Phi) is 3.69. The largest absolute Gasteiger partial charge is 0.481 e. The number of hydrogen-bond donors (Lipinski definition) is 2. The first-order valence-corrected chi connectivity index (χ1v) is 6.65. The Morgan fingerprint density at radius 2 is 1.82 bits per heavy atom. The number of carboxylic acid groups (broad SMARTS) is 1. The van der Waals surface area contributed by atoms with Crippen molar-refractivity contribution in [3.05, 3.63) is 0 Å². The molecule has 17 heavy (non-hydrogen) atoms. The molecule has 2 atom stereocenters. The van der Waals surface area contributed by atoms with Gasteiger partial charge in [-0.2, -0.15) is 0 Å². The van der Waals surface area contributed by atoms with E-state index < -0.39 is 11.9 Å². The van der Waals surface area contributed by atoms with Crippen LogP contribution in [0.25, 0.3) is 0 Å². The van der Waals surface area contributed by atoms with Gasteiger partial charge in [-0.25, -0.2) is 0 Å². The van der Waals surface area contributed by atoms with Crippen LogP contribution < -0.4 is 5.32 Å². The number of carbonyl (C=O) groups is 2. The summed E-state index contributed by atoms with van der Waals surface area (Å²) in [5.74, 6) is -0.758. The van der Waals surface area contributed by atoms with Gasteiger partial charge in [0.15, 0.2) is 0 Å². The fourth-order valence-corrected chi connectivity index (χ4v) is 2.78. The molecule has 0 heterocycles. The van der Waals surface area contributed by atoms with E-state index in [0.29, 0.717) is 6.42 Å². The monoisotopic (exact) mass is 239 g/mol. The number of carboxylic acids is 1. The molecule has 1 unspecified atom stereocenters. The van der Waals surface area contributed by atoms with Crippen molar-refractivity contribution in [1.82, 2.24) is 5.32 Å². The Bertz CT molecular complexity index is 308. The van der Waals surface area contributed by atoms with Crippen LogP contribution in [0.3, 0.4) is 0 Å². The van der Waals surface area contributed by atoms with Crippen LogP contribution in [-0.2, 0) is 9.59 Å². The predicted molar refractivity (Wildman–Crippen MR) is 63.4 cm³/mol. The molecule has 0 radical (unpaired) electrons. The minimum absolute atomic E-state index is 0.0441. The summed E-state index contributed by atoms with van der Waals surface area (Å²) in [5.41, 5.74) is 0. The molecule has 0 spiro atoms. The third kappa shape index (κ3) is 2.99. The first-order valence-electron chi connectivity index (χ1n) is 6.65. The van der Waals surface area contributed by atoms with Crippen LogP contribution in [0.1, 0.15) is 45.4 Å². The Morgan fingerprint density at radius 1 is 1.18 bits per heavy atom. The van der Waals surface area contributed by atoms with Crippen LogP contribution in [0.5, 0.6) is 0 Å². The number of nitrogens with one attached hydrogen (secondary N) is 1. The van der Waals surface area contributed by atoms with Gasteiger partial charge in [-0.3, -0.25) is 9.59 Å². The van der Waals surface area contributed by atoms with E-state index in [9.17, 15) is 9.59 Å². The minimum Gasteiger partial charge on any atom is -0.481 e. The summed E-state index contributed by atoms with van der Waals surface area (Å²) in [6, 6.07) is 0.278. The lowest BCUT2D eigenvalue weighted by molar-refractivity contribution is -0.140. The Labute approximate surface area is 102 Å². The molecule has 4 heteroatoms. The Hall–Kier alpha value is -1.06. The highest BCUT2D eigenvalue weighted by atomic mass is 16.4. The van der Waals surface area contributed by atoms with Gasteiger partial charge in [0.1, 0.15) is 0 Å². The molecule has 1 amide bonds. The van der Waals surface area contributed by atoms with E-state index in [2.05, 4.69) is 12.2 Å². The Balaban J connectivity index is 1.72. The van der Waals surface area contributed by atoms with Crippen LogP contribution in [0.2, 0.25) is 0 Å². The molecule has 96 valence electrons. The van der Waals surface area contributed by atoms with Crippen LogP contribution in [0, 0.1) is 17.8 Å². The van der Waals surface area contributed by atoms with Gasteiger partial charge in [-0.1, -0.05) is 13.3 Å². The van der Waals surface area contributed by atoms with Crippen molar-refractivity contribution in [3.63, 3.8) is 0 Å². The molecule has 0 saturated heterocycles. The van der Waals surface area contributed by atoms with Crippen molar-refractivity contribution in [2.45, 2.75) is 51.5 Å². The molecule has 2 saturated carbocycles. The quantitative estimate of drug-likeness (QED) is 0.786. The topological polar surface area (TPSA) is 66.4 Å². The zero-order chi connectivity index (χ0) is 12.4. The van der Waals surface area contributed by atoms with Gasteiger partial charge in [0.05, 0.1) is 11.8 Å². The lowest BCUT2D eigenvalue weighted by Crippen LogP contribution is -2.38. The van der Waals surface area contributed by atoms with E-state index in [0.717, 1.165) is 18.8 Å². The second-order valence-corrected chi connectivity index (χ2v) is 5.42. The van der Waals surface area contributed by atoms with E-state index in [1.165, 1.54) is 19.3 Å². The molecule has 2 fully saturated rings. The van der Waals surface area contributed by atoms with Crippen molar-refractivity contribution in [2.24, 2.45) is 17.8 Å². The SMILES string of the molecule is CCC1CCC(NC(=O)[C@H]2CC2C(=O)O)CC1. The van der Waals surface area contributed by atoms with E-state index in [1.807, 2.05) is 0 Å². The highest BCUT2D eigenvalue weighted by molar-refractivity contribution is 5.89. The summed E-state index contributed by atoms with van der Waals surface area (Å²) in [4.78, 5) is 22.4. The third-order valence-corrected chi connectivity index (χ3v) is 4.21. The number of amides is 1. The van der Waals surface area contributed by atoms with Crippen molar-refractivity contribution >= 4 is 11.9 Å². The summed E-state index contributed by atoms with van der Waals surface area (Å²) < 4.78 is 0. The minimum atomic E-state index is -0.833. The second kappa shape index (κ2) is 5.07. The number of hydrogen-bond acceptors (Lipinski definition) is 2. The molecule has 0 aromatic heterocycles. The van der Waals surface area contributed by atoms with Gasteiger partial charge in [0, 0.05) is 6.04 Å². The molecule has 0 bridgehead atoms. The second-order valence-electron chi connectivity index (χ2n) is 5.42. The summed E-state index contributed by atoms with van der Waals surface area (Å²) >= 11 is 0. The first-order chi connectivity index (χ1) is 8.11. The highest BCUT2D eigenvalue weighted by Crippen LogP contribution is 2.39. The Morgan fingerprint density at radius 3 is 2.29 bits per heavy atom. The maximum atomic E-state index is 11.8. The average molecular weight is 239 g/mol. The van der Waals surface area contributed by atoms with E-state index in [-0.39, 0.29) is 17.9 Å². The molecule has 2 aliphatic carbocycles. The summed E-state index contributed by atoms with van der Waals surface area (Å²) in [6.45, 7) is 2.21. The number of aliphatic carboxylic acids is 1. The van der Waals surface area contributed by atoms with Crippen LogP contribution in [0.4, 0.5) is 0 Å². The molecule has 2 aliphatic rings. The highest BCUT2D eigenvalue weighted by Gasteiger charge is 2.48. The van der Waals surface area contributed by atoms with E-state index in [1.54, 1.807) is 0 Å². The molecular weight excluding hydrogens is 218 g/mol.